The van der Waals surface area contributed by atoms with Gasteiger partial charge in [-0.1, -0.05) is 49.2 Å². The predicted molar refractivity (Wildman–Crippen MR) is 134 cm³/mol. The van der Waals surface area contributed by atoms with Gasteiger partial charge in [-0.2, -0.15) is 5.26 Å². The Morgan fingerprint density at radius 3 is 2.39 bits per heavy atom. The van der Waals surface area contributed by atoms with E-state index in [1.807, 2.05) is 25.1 Å². The van der Waals surface area contributed by atoms with Crippen LogP contribution in [0.3, 0.4) is 0 Å². The van der Waals surface area contributed by atoms with Gasteiger partial charge in [0.15, 0.2) is 5.13 Å². The Morgan fingerprint density at radius 1 is 1.03 bits per heavy atom. The molecule has 1 aliphatic rings. The molecule has 1 saturated carbocycles. The molecule has 33 heavy (non-hydrogen) atoms. The third-order valence-corrected chi connectivity index (χ3v) is 8.65. The van der Waals surface area contributed by atoms with E-state index in [0.29, 0.717) is 22.9 Å². The SMILES string of the molecule is Cc1ccc(-c2sc(NC3CCCCCC3)nc2C)cc1S(=O)(=O)Nc1ccc(C#N)cc1. The summed E-state index contributed by atoms with van der Waals surface area (Å²) in [5.41, 5.74) is 3.29. The molecule has 1 aromatic heterocycles. The lowest BCUT2D eigenvalue weighted by molar-refractivity contribution is 0.600. The first-order valence-corrected chi connectivity index (χ1v) is 13.5. The molecule has 0 amide bonds. The van der Waals surface area contributed by atoms with Crippen LogP contribution in [0.2, 0.25) is 0 Å². The van der Waals surface area contributed by atoms with Crippen LogP contribution in [0.15, 0.2) is 47.4 Å². The quantitative estimate of drug-likeness (QED) is 0.408. The summed E-state index contributed by atoms with van der Waals surface area (Å²) in [5, 5.41) is 13.4. The van der Waals surface area contributed by atoms with E-state index in [0.717, 1.165) is 21.3 Å². The van der Waals surface area contributed by atoms with Crippen molar-refractivity contribution < 1.29 is 8.42 Å². The lowest BCUT2D eigenvalue weighted by Gasteiger charge is -2.14. The van der Waals surface area contributed by atoms with Crippen molar-refractivity contribution in [1.29, 1.82) is 5.26 Å². The Labute approximate surface area is 199 Å². The Bertz CT molecular complexity index is 1270. The molecule has 0 unspecified atom stereocenters. The van der Waals surface area contributed by atoms with Gasteiger partial charge in [-0.3, -0.25) is 4.72 Å². The highest BCUT2D eigenvalue weighted by Crippen LogP contribution is 2.36. The van der Waals surface area contributed by atoms with Gasteiger partial charge >= 0.3 is 0 Å². The van der Waals surface area contributed by atoms with Gasteiger partial charge in [-0.25, -0.2) is 13.4 Å². The van der Waals surface area contributed by atoms with Crippen molar-refractivity contribution in [1.82, 2.24) is 4.98 Å². The normalized spacial score (nSPS) is 14.9. The standard InChI is InChI=1S/C25H28N4O2S2/c1-17-9-12-20(15-23(17)33(30,31)29-22-13-10-19(16-26)11-14-22)24-18(2)27-25(32-24)28-21-7-5-3-4-6-8-21/h9-15,21,29H,3-8H2,1-2H3,(H,27,28). The monoisotopic (exact) mass is 480 g/mol. The van der Waals surface area contributed by atoms with E-state index in [-0.39, 0.29) is 4.90 Å². The van der Waals surface area contributed by atoms with Crippen molar-refractivity contribution in [3.05, 3.63) is 59.3 Å². The first-order chi connectivity index (χ1) is 15.9. The maximum atomic E-state index is 13.1. The van der Waals surface area contributed by atoms with E-state index in [4.69, 9.17) is 10.2 Å². The van der Waals surface area contributed by atoms with Gasteiger partial charge in [0.2, 0.25) is 0 Å². The van der Waals surface area contributed by atoms with E-state index in [2.05, 4.69) is 10.0 Å². The summed E-state index contributed by atoms with van der Waals surface area (Å²) >= 11 is 1.58. The number of hydrogen-bond acceptors (Lipinski definition) is 6. The van der Waals surface area contributed by atoms with Crippen molar-refractivity contribution in [3.63, 3.8) is 0 Å². The van der Waals surface area contributed by atoms with Gasteiger partial charge in [0, 0.05) is 11.7 Å². The molecule has 4 rings (SSSR count). The van der Waals surface area contributed by atoms with E-state index in [9.17, 15) is 8.42 Å². The van der Waals surface area contributed by atoms with Crippen LogP contribution in [-0.2, 0) is 10.0 Å². The molecule has 1 heterocycles. The van der Waals surface area contributed by atoms with Crippen LogP contribution < -0.4 is 10.0 Å². The van der Waals surface area contributed by atoms with Gasteiger partial charge in [-0.05, 0) is 68.1 Å². The number of aryl methyl sites for hydroxylation is 2. The maximum absolute atomic E-state index is 13.1. The van der Waals surface area contributed by atoms with E-state index >= 15 is 0 Å². The van der Waals surface area contributed by atoms with E-state index in [1.165, 1.54) is 38.5 Å². The van der Waals surface area contributed by atoms with Gasteiger partial charge in [0.05, 0.1) is 27.1 Å². The Hall–Kier alpha value is -2.89. The molecule has 2 aromatic carbocycles. The van der Waals surface area contributed by atoms with Crippen LogP contribution in [0, 0.1) is 25.2 Å². The molecule has 8 heteroatoms. The average molecular weight is 481 g/mol. The summed E-state index contributed by atoms with van der Waals surface area (Å²) in [6.45, 7) is 3.75. The number of nitrogens with zero attached hydrogens (tertiary/aromatic N) is 2. The van der Waals surface area contributed by atoms with Gasteiger partial charge < -0.3 is 5.32 Å². The minimum Gasteiger partial charge on any atom is -0.359 e. The molecule has 0 radical (unpaired) electrons. The molecule has 0 spiro atoms. The molecular formula is C25H28N4O2S2. The fourth-order valence-electron chi connectivity index (χ4n) is 4.18. The number of aromatic nitrogens is 1. The first kappa shape index (κ1) is 23.3. The lowest BCUT2D eigenvalue weighted by atomic mass is 10.1. The predicted octanol–water partition coefficient (Wildman–Crippen LogP) is 6.23. The van der Waals surface area contributed by atoms with Crippen LogP contribution in [0.1, 0.15) is 55.3 Å². The fraction of sp³-hybridized carbons (Fsp3) is 0.360. The smallest absolute Gasteiger partial charge is 0.262 e. The fourth-order valence-corrected chi connectivity index (χ4v) is 6.55. The Balaban J connectivity index is 1.59. The van der Waals surface area contributed by atoms with Crippen molar-refractivity contribution in [2.45, 2.75) is 63.3 Å². The van der Waals surface area contributed by atoms with Crippen LogP contribution in [0.5, 0.6) is 0 Å². The minimum absolute atomic E-state index is 0.232. The number of benzene rings is 2. The number of rotatable bonds is 6. The number of nitriles is 1. The molecular weight excluding hydrogens is 452 g/mol. The highest BCUT2D eigenvalue weighted by atomic mass is 32.2. The molecule has 1 fully saturated rings. The number of anilines is 2. The van der Waals surface area contributed by atoms with Crippen molar-refractivity contribution in [2.75, 3.05) is 10.0 Å². The number of sulfonamides is 1. The highest BCUT2D eigenvalue weighted by molar-refractivity contribution is 7.92. The molecule has 172 valence electrons. The summed E-state index contributed by atoms with van der Waals surface area (Å²) in [7, 11) is -3.79. The zero-order valence-corrected chi connectivity index (χ0v) is 20.5. The van der Waals surface area contributed by atoms with E-state index < -0.39 is 10.0 Å². The molecule has 0 aliphatic heterocycles. The topological polar surface area (TPSA) is 94.9 Å². The number of thiazole rings is 1. The second kappa shape index (κ2) is 9.94. The van der Waals surface area contributed by atoms with Crippen LogP contribution in [0.25, 0.3) is 10.4 Å². The zero-order valence-electron chi connectivity index (χ0n) is 18.9. The van der Waals surface area contributed by atoms with Crippen LogP contribution in [0.4, 0.5) is 10.8 Å². The van der Waals surface area contributed by atoms with Gasteiger partial charge in [0.25, 0.3) is 10.0 Å². The largest absolute Gasteiger partial charge is 0.359 e. The minimum atomic E-state index is -3.79. The summed E-state index contributed by atoms with van der Waals surface area (Å²) in [5.74, 6) is 0. The maximum Gasteiger partial charge on any atom is 0.262 e. The molecule has 0 bridgehead atoms. The second-order valence-corrected chi connectivity index (χ2v) is 11.2. The molecule has 0 saturated heterocycles. The van der Waals surface area contributed by atoms with Gasteiger partial charge in [-0.15, -0.1) is 0 Å². The van der Waals surface area contributed by atoms with Crippen molar-refractivity contribution >= 4 is 32.2 Å². The summed E-state index contributed by atoms with van der Waals surface area (Å²) in [4.78, 5) is 5.93. The van der Waals surface area contributed by atoms with Crippen molar-refractivity contribution in [3.8, 4) is 16.5 Å². The second-order valence-electron chi connectivity index (χ2n) is 8.54. The van der Waals surface area contributed by atoms with Gasteiger partial charge in [0.1, 0.15) is 0 Å². The summed E-state index contributed by atoms with van der Waals surface area (Å²) in [6.07, 6.45) is 7.44. The van der Waals surface area contributed by atoms with Crippen LogP contribution in [-0.4, -0.2) is 19.4 Å². The average Bonchev–Trinajstić information content (AvgIpc) is 2.97. The van der Waals surface area contributed by atoms with E-state index in [1.54, 1.807) is 48.6 Å². The van der Waals surface area contributed by atoms with Crippen LogP contribution >= 0.6 is 11.3 Å². The third-order valence-electron chi connectivity index (χ3n) is 5.99. The number of nitrogens with one attached hydrogen (secondary N) is 2. The number of hydrogen-bond donors (Lipinski definition) is 2. The molecule has 2 N–H and O–H groups in total. The Kier molecular flexibility index (Phi) is 7.01. The summed E-state index contributed by atoms with van der Waals surface area (Å²) < 4.78 is 28.9. The first-order valence-electron chi connectivity index (χ1n) is 11.2. The summed E-state index contributed by atoms with van der Waals surface area (Å²) in [6, 6.07) is 14.3. The zero-order chi connectivity index (χ0) is 23.4. The lowest BCUT2D eigenvalue weighted by Crippen LogP contribution is -2.17. The van der Waals surface area contributed by atoms with Crippen molar-refractivity contribution in [2.24, 2.45) is 0 Å². The Morgan fingerprint density at radius 2 is 1.73 bits per heavy atom. The molecule has 0 atom stereocenters. The molecule has 3 aromatic rings. The molecule has 1 aliphatic carbocycles. The highest BCUT2D eigenvalue weighted by Gasteiger charge is 2.20. The molecule has 6 nitrogen and oxygen atoms in total. The third kappa shape index (κ3) is 5.55.